The Balaban J connectivity index is 1.33. The van der Waals surface area contributed by atoms with E-state index in [9.17, 15) is 18.4 Å². The van der Waals surface area contributed by atoms with Gasteiger partial charge in [0.25, 0.3) is 5.91 Å². The van der Waals surface area contributed by atoms with Crippen molar-refractivity contribution in [2.24, 2.45) is 0 Å². The number of urea groups is 1. The van der Waals surface area contributed by atoms with Gasteiger partial charge in [-0.3, -0.25) is 10.1 Å². The molecule has 2 heterocycles. The largest absolute Gasteiger partial charge is 0.335 e. The lowest BCUT2D eigenvalue weighted by molar-refractivity contribution is 0.0671. The Kier molecular flexibility index (Phi) is 5.71. The molecular weight excluding hydrogens is 410 g/mol. The van der Waals surface area contributed by atoms with Crippen LogP contribution in [0.3, 0.4) is 0 Å². The number of anilines is 1. The van der Waals surface area contributed by atoms with Gasteiger partial charge in [0, 0.05) is 37.9 Å². The van der Waals surface area contributed by atoms with Gasteiger partial charge in [-0.15, -0.1) is 0 Å². The molecule has 0 radical (unpaired) electrons. The van der Waals surface area contributed by atoms with Gasteiger partial charge in [0.15, 0.2) is 16.8 Å². The Hall–Kier alpha value is -3.33. The number of carbonyl (C=O) groups excluding carboxylic acids is 2. The van der Waals surface area contributed by atoms with Crippen molar-refractivity contribution >= 4 is 28.4 Å². The number of hydrogen-bond acceptors (Lipinski definition) is 4. The van der Waals surface area contributed by atoms with Crippen LogP contribution in [0, 0.1) is 11.6 Å². The molecule has 0 saturated carbocycles. The molecule has 3 amide bonds. The van der Waals surface area contributed by atoms with Gasteiger partial charge < -0.3 is 9.80 Å². The molecule has 1 aromatic heterocycles. The summed E-state index contributed by atoms with van der Waals surface area (Å²) in [6.45, 7) is 1.27. The molecule has 6 nitrogen and oxygen atoms in total. The second-order valence-corrected chi connectivity index (χ2v) is 7.76. The number of hydrogen-bond donors (Lipinski definition) is 1. The zero-order valence-corrected chi connectivity index (χ0v) is 16.7. The van der Waals surface area contributed by atoms with E-state index in [1.807, 2.05) is 30.3 Å². The lowest BCUT2D eigenvalue weighted by Crippen LogP contribution is -2.51. The summed E-state index contributed by atoms with van der Waals surface area (Å²) in [5, 5.41) is 3.29. The maximum absolute atomic E-state index is 13.4. The zero-order valence-electron chi connectivity index (χ0n) is 15.8. The average molecular weight is 428 g/mol. The van der Waals surface area contributed by atoms with Crippen LogP contribution < -0.4 is 5.32 Å². The van der Waals surface area contributed by atoms with E-state index >= 15 is 0 Å². The molecular formula is C21H18F2N4O2S. The number of amides is 3. The van der Waals surface area contributed by atoms with Crippen LogP contribution in [0.25, 0.3) is 10.4 Å². The van der Waals surface area contributed by atoms with E-state index in [4.69, 9.17) is 0 Å². The molecule has 0 aliphatic carbocycles. The fourth-order valence-electron chi connectivity index (χ4n) is 3.16. The van der Waals surface area contributed by atoms with E-state index in [1.165, 1.54) is 22.3 Å². The van der Waals surface area contributed by atoms with E-state index in [2.05, 4.69) is 10.3 Å². The van der Waals surface area contributed by atoms with Crippen molar-refractivity contribution in [2.75, 3.05) is 31.5 Å². The van der Waals surface area contributed by atoms with Crippen LogP contribution in [0.1, 0.15) is 10.4 Å². The average Bonchev–Trinajstić information content (AvgIpc) is 3.24. The van der Waals surface area contributed by atoms with Crippen LogP contribution in [0.15, 0.2) is 54.7 Å². The molecule has 3 aromatic rings. The molecule has 154 valence electrons. The normalized spacial score (nSPS) is 13.9. The fourth-order valence-corrected chi connectivity index (χ4v) is 3.97. The SMILES string of the molecule is O=C(Nc1ncc(-c2ccccc2)s1)N1CCN(C(=O)c2ccc(F)c(F)c2)CC1. The second-order valence-electron chi connectivity index (χ2n) is 6.73. The molecule has 1 aliphatic rings. The number of benzene rings is 2. The number of aromatic nitrogens is 1. The Morgan fingerprint density at radius 1 is 0.933 bits per heavy atom. The van der Waals surface area contributed by atoms with Crippen LogP contribution in [0.5, 0.6) is 0 Å². The number of nitrogens with one attached hydrogen (secondary N) is 1. The minimum Gasteiger partial charge on any atom is -0.335 e. The summed E-state index contributed by atoms with van der Waals surface area (Å²) < 4.78 is 26.4. The summed E-state index contributed by atoms with van der Waals surface area (Å²) in [5.74, 6) is -2.44. The van der Waals surface area contributed by atoms with Gasteiger partial charge in [-0.25, -0.2) is 18.6 Å². The number of thiazole rings is 1. The van der Waals surface area contributed by atoms with Crippen molar-refractivity contribution in [2.45, 2.75) is 0 Å². The molecule has 30 heavy (non-hydrogen) atoms. The van der Waals surface area contributed by atoms with Crippen molar-refractivity contribution < 1.29 is 18.4 Å². The highest BCUT2D eigenvalue weighted by Crippen LogP contribution is 2.28. The van der Waals surface area contributed by atoms with Crippen molar-refractivity contribution in [3.8, 4) is 10.4 Å². The van der Waals surface area contributed by atoms with Crippen LogP contribution in [0.2, 0.25) is 0 Å². The zero-order chi connectivity index (χ0) is 21.1. The van der Waals surface area contributed by atoms with Crippen molar-refractivity contribution in [3.05, 3.63) is 71.9 Å². The van der Waals surface area contributed by atoms with Gasteiger partial charge >= 0.3 is 6.03 Å². The van der Waals surface area contributed by atoms with Crippen LogP contribution in [0.4, 0.5) is 18.7 Å². The Morgan fingerprint density at radius 3 is 2.33 bits per heavy atom. The highest BCUT2D eigenvalue weighted by atomic mass is 32.1. The third-order valence-corrected chi connectivity index (χ3v) is 5.76. The van der Waals surface area contributed by atoms with Gasteiger partial charge in [0.1, 0.15) is 0 Å². The lowest BCUT2D eigenvalue weighted by atomic mass is 10.1. The highest BCUT2D eigenvalue weighted by molar-refractivity contribution is 7.19. The van der Waals surface area contributed by atoms with Crippen LogP contribution in [-0.2, 0) is 0 Å². The van der Waals surface area contributed by atoms with Gasteiger partial charge in [0.2, 0.25) is 0 Å². The topological polar surface area (TPSA) is 65.5 Å². The number of piperazine rings is 1. The first-order chi connectivity index (χ1) is 14.5. The first-order valence-corrected chi connectivity index (χ1v) is 10.1. The van der Waals surface area contributed by atoms with Crippen molar-refractivity contribution in [1.29, 1.82) is 0 Å². The summed E-state index contributed by atoms with van der Waals surface area (Å²) in [7, 11) is 0. The van der Waals surface area contributed by atoms with E-state index in [0.717, 1.165) is 22.6 Å². The molecule has 1 N–H and O–H groups in total. The van der Waals surface area contributed by atoms with Crippen LogP contribution >= 0.6 is 11.3 Å². The first-order valence-electron chi connectivity index (χ1n) is 9.33. The molecule has 0 atom stereocenters. The standard InChI is InChI=1S/C21H18F2N4O2S/c22-16-7-6-15(12-17(16)23)19(28)26-8-10-27(11-9-26)21(29)25-20-24-13-18(30-20)14-4-2-1-3-5-14/h1-7,12-13H,8-11H2,(H,24,25,29). The Labute approximate surface area is 175 Å². The van der Waals surface area contributed by atoms with Crippen molar-refractivity contribution in [3.63, 3.8) is 0 Å². The van der Waals surface area contributed by atoms with E-state index in [0.29, 0.717) is 31.3 Å². The highest BCUT2D eigenvalue weighted by Gasteiger charge is 2.26. The molecule has 1 saturated heterocycles. The molecule has 0 spiro atoms. The van der Waals surface area contributed by atoms with E-state index < -0.39 is 11.6 Å². The Bertz CT molecular complexity index is 1070. The van der Waals surface area contributed by atoms with Gasteiger partial charge in [-0.1, -0.05) is 41.7 Å². The van der Waals surface area contributed by atoms with Crippen LogP contribution in [-0.4, -0.2) is 52.9 Å². The molecule has 1 fully saturated rings. The van der Waals surface area contributed by atoms with E-state index in [-0.39, 0.29) is 17.5 Å². The summed E-state index contributed by atoms with van der Waals surface area (Å²) in [6, 6.07) is 12.6. The third kappa shape index (κ3) is 4.30. The molecule has 9 heteroatoms. The monoisotopic (exact) mass is 428 g/mol. The maximum atomic E-state index is 13.4. The minimum absolute atomic E-state index is 0.0861. The quantitative estimate of drug-likeness (QED) is 0.684. The predicted octanol–water partition coefficient (Wildman–Crippen LogP) is 4.08. The fraction of sp³-hybridized carbons (Fsp3) is 0.190. The molecule has 0 unspecified atom stereocenters. The maximum Gasteiger partial charge on any atom is 0.323 e. The lowest BCUT2D eigenvalue weighted by Gasteiger charge is -2.34. The van der Waals surface area contributed by atoms with Gasteiger partial charge in [0.05, 0.1) is 4.88 Å². The van der Waals surface area contributed by atoms with Crippen molar-refractivity contribution in [1.82, 2.24) is 14.8 Å². The summed E-state index contributed by atoms with van der Waals surface area (Å²) >= 11 is 1.38. The van der Waals surface area contributed by atoms with E-state index in [1.54, 1.807) is 11.1 Å². The first kappa shape index (κ1) is 20.0. The smallest absolute Gasteiger partial charge is 0.323 e. The number of nitrogens with zero attached hydrogens (tertiary/aromatic N) is 3. The van der Waals surface area contributed by atoms with Gasteiger partial charge in [-0.2, -0.15) is 0 Å². The third-order valence-electron chi connectivity index (χ3n) is 4.80. The Morgan fingerprint density at radius 2 is 1.63 bits per heavy atom. The number of rotatable bonds is 3. The summed E-state index contributed by atoms with van der Waals surface area (Å²) in [5.41, 5.74) is 1.11. The molecule has 4 rings (SSSR count). The number of halogens is 2. The van der Waals surface area contributed by atoms with Gasteiger partial charge in [-0.05, 0) is 23.8 Å². The molecule has 0 bridgehead atoms. The summed E-state index contributed by atoms with van der Waals surface area (Å²) in [6.07, 6.45) is 1.72. The number of carbonyl (C=O) groups is 2. The predicted molar refractivity (Wildman–Crippen MR) is 110 cm³/mol. The molecule has 1 aliphatic heterocycles. The minimum atomic E-state index is -1.06. The summed E-state index contributed by atoms with van der Waals surface area (Å²) in [4.78, 5) is 33.3. The molecule has 2 aromatic carbocycles. The second kappa shape index (κ2) is 8.58.